The molecule has 2 N–H and O–H groups in total. The average Bonchev–Trinajstić information content (AvgIpc) is 2.88. The summed E-state index contributed by atoms with van der Waals surface area (Å²) in [5, 5.41) is 21.3. The summed E-state index contributed by atoms with van der Waals surface area (Å²) < 4.78 is 15.3. The predicted octanol–water partition coefficient (Wildman–Crippen LogP) is 3.66. The summed E-state index contributed by atoms with van der Waals surface area (Å²) in [5.74, 6) is 1.38. The molecule has 0 saturated heterocycles. The van der Waals surface area contributed by atoms with Crippen molar-refractivity contribution in [2.24, 2.45) is 34.5 Å². The number of alkyl halides is 1. The second-order valence-electron chi connectivity index (χ2n) is 10.1. The molecule has 9 atom stereocenters. The lowest BCUT2D eigenvalue weighted by molar-refractivity contribution is -0.249. The van der Waals surface area contributed by atoms with E-state index in [1.807, 2.05) is 0 Å². The number of halogens is 1. The van der Waals surface area contributed by atoms with Crippen molar-refractivity contribution in [1.82, 2.24) is 0 Å². The lowest BCUT2D eigenvalue weighted by Gasteiger charge is -2.64. The Labute approximate surface area is 150 Å². The maximum absolute atomic E-state index is 15.3. The highest BCUT2D eigenvalue weighted by Gasteiger charge is 2.68. The number of hydrogen-bond acceptors (Lipinski definition) is 3. The normalized spacial score (nSPS) is 58.2. The molecular formula is C21H33FO3. The van der Waals surface area contributed by atoms with Gasteiger partial charge in [0.15, 0.2) is 0 Å². The number of carbonyl (C=O) groups excluding carboxylic acids is 1. The molecule has 0 aromatic rings. The van der Waals surface area contributed by atoms with Crippen LogP contribution in [0.25, 0.3) is 0 Å². The molecule has 0 aromatic heterocycles. The van der Waals surface area contributed by atoms with Crippen LogP contribution in [0.5, 0.6) is 0 Å². The number of Topliss-reactive ketones (excluding diaryl/α,β-unsaturated/α-hetero) is 1. The van der Waals surface area contributed by atoms with Crippen molar-refractivity contribution in [1.29, 1.82) is 0 Å². The zero-order chi connectivity index (χ0) is 18.2. The van der Waals surface area contributed by atoms with Gasteiger partial charge in [0.2, 0.25) is 0 Å². The first-order chi connectivity index (χ1) is 11.6. The monoisotopic (exact) mass is 352 g/mol. The maximum atomic E-state index is 15.3. The molecule has 4 heteroatoms. The molecule has 0 spiro atoms. The van der Waals surface area contributed by atoms with Gasteiger partial charge in [0.25, 0.3) is 0 Å². The second-order valence-corrected chi connectivity index (χ2v) is 10.1. The number of rotatable bonds is 1. The first-order valence-corrected chi connectivity index (χ1v) is 10.2. The van der Waals surface area contributed by atoms with Crippen LogP contribution in [-0.2, 0) is 4.79 Å². The van der Waals surface area contributed by atoms with Crippen LogP contribution in [0.3, 0.4) is 0 Å². The maximum Gasteiger partial charge on any atom is 0.133 e. The van der Waals surface area contributed by atoms with Crippen LogP contribution in [0.2, 0.25) is 0 Å². The summed E-state index contributed by atoms with van der Waals surface area (Å²) in [7, 11) is 0. The fourth-order valence-electron chi connectivity index (χ4n) is 7.88. The highest BCUT2D eigenvalue weighted by molar-refractivity contribution is 5.79. The third-order valence-corrected chi connectivity index (χ3v) is 9.28. The minimum absolute atomic E-state index is 0.00666. The summed E-state index contributed by atoms with van der Waals surface area (Å²) in [6, 6.07) is 0. The van der Waals surface area contributed by atoms with Crippen molar-refractivity contribution in [2.75, 3.05) is 0 Å². The Bertz CT molecular complexity index is 579. The van der Waals surface area contributed by atoms with Crippen molar-refractivity contribution >= 4 is 5.78 Å². The van der Waals surface area contributed by atoms with E-state index in [0.29, 0.717) is 36.9 Å². The predicted molar refractivity (Wildman–Crippen MR) is 93.6 cm³/mol. The third kappa shape index (κ3) is 2.19. The Morgan fingerprint density at radius 3 is 2.48 bits per heavy atom. The van der Waals surface area contributed by atoms with Gasteiger partial charge in [-0.2, -0.15) is 0 Å². The molecule has 4 fully saturated rings. The van der Waals surface area contributed by atoms with Gasteiger partial charge in [-0.15, -0.1) is 0 Å². The highest BCUT2D eigenvalue weighted by atomic mass is 19.1. The zero-order valence-electron chi connectivity index (χ0n) is 15.8. The fraction of sp³-hybridized carbons (Fsp3) is 0.952. The quantitative estimate of drug-likeness (QED) is 0.757. The Morgan fingerprint density at radius 2 is 1.80 bits per heavy atom. The molecule has 0 amide bonds. The topological polar surface area (TPSA) is 57.5 Å². The molecule has 0 bridgehead atoms. The summed E-state index contributed by atoms with van der Waals surface area (Å²) in [5.41, 5.74) is -1.84. The molecule has 0 aliphatic heterocycles. The summed E-state index contributed by atoms with van der Waals surface area (Å²) in [6.07, 6.45) is 4.01. The van der Waals surface area contributed by atoms with E-state index in [-0.39, 0.29) is 23.7 Å². The third-order valence-electron chi connectivity index (χ3n) is 9.28. The summed E-state index contributed by atoms with van der Waals surface area (Å²) >= 11 is 0. The van der Waals surface area contributed by atoms with Crippen molar-refractivity contribution in [3.63, 3.8) is 0 Å². The Morgan fingerprint density at radius 1 is 1.08 bits per heavy atom. The van der Waals surface area contributed by atoms with E-state index >= 15 is 4.39 Å². The number of aliphatic hydroxyl groups is 2. The number of hydrogen-bond donors (Lipinski definition) is 2. The van der Waals surface area contributed by atoms with Crippen LogP contribution in [0.4, 0.5) is 4.39 Å². The molecule has 4 aliphatic carbocycles. The molecule has 4 rings (SSSR count). The van der Waals surface area contributed by atoms with E-state index in [0.717, 1.165) is 25.7 Å². The van der Waals surface area contributed by atoms with E-state index in [1.54, 1.807) is 6.92 Å². The van der Waals surface area contributed by atoms with Crippen LogP contribution in [0.15, 0.2) is 0 Å². The largest absolute Gasteiger partial charge is 0.393 e. The zero-order valence-corrected chi connectivity index (χ0v) is 15.8. The first kappa shape index (κ1) is 17.9. The Balaban J connectivity index is 1.69. The molecule has 0 radical (unpaired) electrons. The van der Waals surface area contributed by atoms with Gasteiger partial charge < -0.3 is 10.2 Å². The molecule has 25 heavy (non-hydrogen) atoms. The van der Waals surface area contributed by atoms with E-state index in [2.05, 4.69) is 13.8 Å². The Kier molecular flexibility index (Phi) is 3.95. The lowest BCUT2D eigenvalue weighted by atomic mass is 9.42. The van der Waals surface area contributed by atoms with Gasteiger partial charge in [-0.05, 0) is 75.0 Å². The SMILES string of the molecule is CC(=O)[C@@H]1CC[C@@H]2[C@@H]3C[C@H](F)[C@@]4(O)C[C@H](O)CC[C@]4(C)[C@H]3CC[C@@]21C. The minimum atomic E-state index is -1.39. The molecular weight excluding hydrogens is 319 g/mol. The summed E-state index contributed by atoms with van der Waals surface area (Å²) in [6.45, 7) is 6.04. The van der Waals surface area contributed by atoms with Gasteiger partial charge in [0.05, 0.1) is 6.10 Å². The van der Waals surface area contributed by atoms with E-state index in [4.69, 9.17) is 0 Å². The molecule has 4 saturated carbocycles. The van der Waals surface area contributed by atoms with Crippen LogP contribution in [-0.4, -0.2) is 33.9 Å². The van der Waals surface area contributed by atoms with Crippen LogP contribution < -0.4 is 0 Å². The fourth-order valence-corrected chi connectivity index (χ4v) is 7.88. The standard InChI is InChI=1S/C21H33FO3/c1-12(23)15-4-5-16-14-10-18(22)21(25)11-13(24)6-9-20(21,3)17(14)7-8-19(15,16)2/h13-18,24-25H,4-11H2,1-3H3/t13-,14+,15+,16-,17+,18+,19-,20-,21+/m1/s1. The van der Waals surface area contributed by atoms with E-state index in [9.17, 15) is 15.0 Å². The molecule has 4 aliphatic rings. The second kappa shape index (κ2) is 5.51. The van der Waals surface area contributed by atoms with Gasteiger partial charge in [-0.1, -0.05) is 13.8 Å². The molecule has 0 unspecified atom stereocenters. The highest BCUT2D eigenvalue weighted by Crippen LogP contribution is 2.68. The number of aliphatic hydroxyl groups excluding tert-OH is 1. The van der Waals surface area contributed by atoms with Crippen molar-refractivity contribution in [3.8, 4) is 0 Å². The smallest absolute Gasteiger partial charge is 0.133 e. The van der Waals surface area contributed by atoms with Gasteiger partial charge in [0, 0.05) is 17.8 Å². The molecule has 3 nitrogen and oxygen atoms in total. The number of ketones is 1. The number of carbonyl (C=O) groups is 1. The Hall–Kier alpha value is -0.480. The van der Waals surface area contributed by atoms with Crippen molar-refractivity contribution < 1.29 is 19.4 Å². The van der Waals surface area contributed by atoms with Crippen LogP contribution >= 0.6 is 0 Å². The average molecular weight is 352 g/mol. The lowest BCUT2D eigenvalue weighted by Crippen LogP contribution is -2.67. The van der Waals surface area contributed by atoms with Crippen molar-refractivity contribution in [3.05, 3.63) is 0 Å². The van der Waals surface area contributed by atoms with Gasteiger partial charge in [-0.3, -0.25) is 4.79 Å². The first-order valence-electron chi connectivity index (χ1n) is 10.2. The van der Waals surface area contributed by atoms with Gasteiger partial charge in [0.1, 0.15) is 17.6 Å². The van der Waals surface area contributed by atoms with Crippen LogP contribution in [0, 0.1) is 34.5 Å². The van der Waals surface area contributed by atoms with Gasteiger partial charge in [-0.25, -0.2) is 4.39 Å². The van der Waals surface area contributed by atoms with E-state index < -0.39 is 23.3 Å². The van der Waals surface area contributed by atoms with Crippen LogP contribution in [0.1, 0.15) is 72.1 Å². The summed E-state index contributed by atoms with van der Waals surface area (Å²) in [4.78, 5) is 12.2. The molecule has 142 valence electrons. The van der Waals surface area contributed by atoms with Gasteiger partial charge >= 0.3 is 0 Å². The molecule has 0 heterocycles. The van der Waals surface area contributed by atoms with Crippen molar-refractivity contribution in [2.45, 2.75) is 90.0 Å². The molecule has 0 aromatic carbocycles. The number of fused-ring (bicyclic) bond motifs is 5. The van der Waals surface area contributed by atoms with E-state index in [1.165, 1.54) is 0 Å². The minimum Gasteiger partial charge on any atom is -0.393 e.